The van der Waals surface area contributed by atoms with Crippen molar-refractivity contribution in [2.45, 2.75) is 13.1 Å². The van der Waals surface area contributed by atoms with Crippen molar-refractivity contribution >= 4 is 23.6 Å². The maximum absolute atomic E-state index is 12.9. The van der Waals surface area contributed by atoms with Crippen LogP contribution >= 0.6 is 0 Å². The maximum Gasteiger partial charge on any atom is 0.272 e. The van der Waals surface area contributed by atoms with Crippen LogP contribution in [0.25, 0.3) is 0 Å². The van der Waals surface area contributed by atoms with Gasteiger partial charge in [-0.15, -0.1) is 0 Å². The van der Waals surface area contributed by atoms with Crippen molar-refractivity contribution in [2.24, 2.45) is 11.5 Å². The standard InChI is InChI=1S/C25H25N5O4/c1-29(14-16-6-10-18(11-7-16)22(26)31)24(33)20-4-3-5-21(28-20)25(34)30(2)15-17-8-12-19(13-9-17)23(27)32/h3-13H,14-15H2,1-2H3,(H2,26,31)(H2,27,32). The first-order valence-electron chi connectivity index (χ1n) is 10.4. The summed E-state index contributed by atoms with van der Waals surface area (Å²) in [6, 6.07) is 18.0. The van der Waals surface area contributed by atoms with Crippen molar-refractivity contribution in [2.75, 3.05) is 14.1 Å². The van der Waals surface area contributed by atoms with E-state index in [9.17, 15) is 19.2 Å². The van der Waals surface area contributed by atoms with E-state index in [1.807, 2.05) is 0 Å². The third-order valence-corrected chi connectivity index (χ3v) is 5.20. The molecule has 3 rings (SSSR count). The van der Waals surface area contributed by atoms with Gasteiger partial charge in [0.05, 0.1) is 0 Å². The summed E-state index contributed by atoms with van der Waals surface area (Å²) in [5.74, 6) is -1.74. The van der Waals surface area contributed by atoms with E-state index >= 15 is 0 Å². The molecule has 4 amide bonds. The number of nitrogens with two attached hydrogens (primary N) is 2. The van der Waals surface area contributed by atoms with Crippen LogP contribution in [-0.2, 0) is 13.1 Å². The Morgan fingerprint density at radius 1 is 0.647 bits per heavy atom. The van der Waals surface area contributed by atoms with Crippen LogP contribution in [0.4, 0.5) is 0 Å². The Kier molecular flexibility index (Phi) is 7.37. The molecule has 1 heterocycles. The molecule has 0 aliphatic rings. The number of carbonyl (C=O) groups is 4. The Hall–Kier alpha value is -4.53. The van der Waals surface area contributed by atoms with Gasteiger partial charge in [-0.1, -0.05) is 30.3 Å². The zero-order chi connectivity index (χ0) is 24.8. The van der Waals surface area contributed by atoms with Gasteiger partial charge < -0.3 is 21.3 Å². The highest BCUT2D eigenvalue weighted by molar-refractivity contribution is 5.96. The van der Waals surface area contributed by atoms with Gasteiger partial charge in [-0.3, -0.25) is 19.2 Å². The number of benzene rings is 2. The lowest BCUT2D eigenvalue weighted by atomic mass is 10.1. The molecule has 0 spiro atoms. The zero-order valence-electron chi connectivity index (χ0n) is 18.9. The van der Waals surface area contributed by atoms with Gasteiger partial charge in [-0.2, -0.15) is 0 Å². The lowest BCUT2D eigenvalue weighted by Crippen LogP contribution is -2.30. The number of pyridine rings is 1. The fourth-order valence-electron chi connectivity index (χ4n) is 3.30. The summed E-state index contributed by atoms with van der Waals surface area (Å²) < 4.78 is 0. The molecule has 0 atom stereocenters. The summed E-state index contributed by atoms with van der Waals surface area (Å²) >= 11 is 0. The Morgan fingerprint density at radius 3 is 1.32 bits per heavy atom. The van der Waals surface area contributed by atoms with Crippen molar-refractivity contribution < 1.29 is 19.2 Å². The molecular weight excluding hydrogens is 434 g/mol. The lowest BCUT2D eigenvalue weighted by molar-refractivity contribution is 0.0770. The third kappa shape index (κ3) is 5.83. The van der Waals surface area contributed by atoms with E-state index in [2.05, 4.69) is 4.98 Å². The molecule has 34 heavy (non-hydrogen) atoms. The fourth-order valence-corrected chi connectivity index (χ4v) is 3.30. The Bertz CT molecular complexity index is 1130. The number of carbonyl (C=O) groups excluding carboxylic acids is 4. The highest BCUT2D eigenvalue weighted by atomic mass is 16.2. The van der Waals surface area contributed by atoms with Crippen LogP contribution < -0.4 is 11.5 Å². The van der Waals surface area contributed by atoms with Crippen molar-refractivity contribution in [3.8, 4) is 0 Å². The summed E-state index contributed by atoms with van der Waals surface area (Å²) in [6.45, 7) is 0.581. The molecule has 0 bridgehead atoms. The van der Waals surface area contributed by atoms with E-state index in [1.165, 1.54) is 9.80 Å². The average molecular weight is 460 g/mol. The minimum Gasteiger partial charge on any atom is -0.366 e. The third-order valence-electron chi connectivity index (χ3n) is 5.20. The van der Waals surface area contributed by atoms with Crippen molar-refractivity contribution in [1.29, 1.82) is 0 Å². The molecular formula is C25H25N5O4. The zero-order valence-corrected chi connectivity index (χ0v) is 18.9. The molecule has 9 heteroatoms. The van der Waals surface area contributed by atoms with Crippen molar-refractivity contribution in [3.63, 3.8) is 0 Å². The maximum atomic E-state index is 12.9. The van der Waals surface area contributed by atoms with Crippen LogP contribution in [0.2, 0.25) is 0 Å². The molecule has 0 fully saturated rings. The molecule has 9 nitrogen and oxygen atoms in total. The second-order valence-electron chi connectivity index (χ2n) is 7.85. The van der Waals surface area contributed by atoms with Crippen LogP contribution in [0.3, 0.4) is 0 Å². The molecule has 1 aromatic heterocycles. The molecule has 3 aromatic rings. The molecule has 2 aromatic carbocycles. The second kappa shape index (κ2) is 10.4. The van der Waals surface area contributed by atoms with Crippen LogP contribution in [0.1, 0.15) is 52.8 Å². The van der Waals surface area contributed by atoms with Gasteiger partial charge in [0.2, 0.25) is 11.8 Å². The van der Waals surface area contributed by atoms with Crippen LogP contribution in [-0.4, -0.2) is 52.5 Å². The number of aromatic nitrogens is 1. The van der Waals surface area contributed by atoms with Gasteiger partial charge in [0.1, 0.15) is 11.4 Å². The number of hydrogen-bond donors (Lipinski definition) is 2. The van der Waals surface area contributed by atoms with E-state index < -0.39 is 11.8 Å². The first-order chi connectivity index (χ1) is 16.2. The predicted molar refractivity (Wildman–Crippen MR) is 126 cm³/mol. The first kappa shape index (κ1) is 24.1. The molecule has 0 radical (unpaired) electrons. The Morgan fingerprint density at radius 2 is 1.00 bits per heavy atom. The summed E-state index contributed by atoms with van der Waals surface area (Å²) in [7, 11) is 3.25. The minimum absolute atomic E-state index is 0.140. The lowest BCUT2D eigenvalue weighted by Gasteiger charge is -2.19. The van der Waals surface area contributed by atoms with E-state index in [1.54, 1.807) is 80.8 Å². The Labute approximate surface area is 197 Å². The predicted octanol–water partition coefficient (Wildman–Crippen LogP) is 1.82. The molecule has 174 valence electrons. The second-order valence-corrected chi connectivity index (χ2v) is 7.85. The van der Waals surface area contributed by atoms with Gasteiger partial charge in [-0.05, 0) is 47.5 Å². The SMILES string of the molecule is CN(Cc1ccc(C(N)=O)cc1)C(=O)c1cccc(C(=O)N(C)Cc2ccc(C(N)=O)cc2)n1. The molecule has 0 aliphatic carbocycles. The van der Waals surface area contributed by atoms with Gasteiger partial charge >= 0.3 is 0 Å². The molecule has 0 saturated heterocycles. The Balaban J connectivity index is 1.67. The summed E-state index contributed by atoms with van der Waals surface area (Å²) in [6.07, 6.45) is 0. The van der Waals surface area contributed by atoms with E-state index in [0.29, 0.717) is 24.2 Å². The smallest absolute Gasteiger partial charge is 0.272 e. The van der Waals surface area contributed by atoms with E-state index in [0.717, 1.165) is 11.1 Å². The van der Waals surface area contributed by atoms with E-state index in [-0.39, 0.29) is 23.2 Å². The highest BCUT2D eigenvalue weighted by Crippen LogP contribution is 2.12. The molecule has 0 saturated carbocycles. The quantitative estimate of drug-likeness (QED) is 0.529. The van der Waals surface area contributed by atoms with Gasteiger partial charge in [-0.25, -0.2) is 4.98 Å². The number of rotatable bonds is 8. The van der Waals surface area contributed by atoms with Gasteiger partial charge in [0.15, 0.2) is 0 Å². The van der Waals surface area contributed by atoms with E-state index in [4.69, 9.17) is 11.5 Å². The average Bonchev–Trinajstić information content (AvgIpc) is 2.83. The largest absolute Gasteiger partial charge is 0.366 e. The number of primary amides is 2. The summed E-state index contributed by atoms with van der Waals surface area (Å²) in [4.78, 5) is 55.4. The van der Waals surface area contributed by atoms with Crippen LogP contribution in [0.15, 0.2) is 66.7 Å². The van der Waals surface area contributed by atoms with Gasteiger partial charge in [0.25, 0.3) is 11.8 Å². The number of amides is 4. The topological polar surface area (TPSA) is 140 Å². The summed E-state index contributed by atoms with van der Waals surface area (Å²) in [5.41, 5.74) is 13.2. The van der Waals surface area contributed by atoms with Gasteiger partial charge in [0, 0.05) is 38.3 Å². The normalized spacial score (nSPS) is 10.4. The number of nitrogens with zero attached hydrogens (tertiary/aromatic N) is 3. The molecule has 0 unspecified atom stereocenters. The molecule has 4 N–H and O–H groups in total. The first-order valence-corrected chi connectivity index (χ1v) is 10.4. The number of hydrogen-bond acceptors (Lipinski definition) is 5. The van der Waals surface area contributed by atoms with Crippen LogP contribution in [0.5, 0.6) is 0 Å². The fraction of sp³-hybridized carbons (Fsp3) is 0.160. The minimum atomic E-state index is -0.519. The highest BCUT2D eigenvalue weighted by Gasteiger charge is 2.18. The van der Waals surface area contributed by atoms with Crippen LogP contribution in [0, 0.1) is 0 Å². The summed E-state index contributed by atoms with van der Waals surface area (Å²) in [5, 5.41) is 0. The monoisotopic (exact) mass is 459 g/mol. The van der Waals surface area contributed by atoms with Crippen molar-refractivity contribution in [1.82, 2.24) is 14.8 Å². The van der Waals surface area contributed by atoms with Crippen molar-refractivity contribution in [3.05, 3.63) is 100 Å². The molecule has 0 aliphatic heterocycles.